The number of esters is 2. The summed E-state index contributed by atoms with van der Waals surface area (Å²) in [6.07, 6.45) is 3.68. The molecule has 0 aromatic heterocycles. The molecule has 0 unspecified atom stereocenters. The van der Waals surface area contributed by atoms with Gasteiger partial charge in [0.25, 0.3) is 0 Å². The topological polar surface area (TPSA) is 128 Å². The molecule has 1 aliphatic rings. The van der Waals surface area contributed by atoms with Crippen molar-refractivity contribution < 1.29 is 38.5 Å². The van der Waals surface area contributed by atoms with Crippen molar-refractivity contribution in [2.75, 3.05) is 12.4 Å². The molecule has 1 aliphatic heterocycles. The molecule has 0 saturated heterocycles. The van der Waals surface area contributed by atoms with Gasteiger partial charge in [0.2, 0.25) is 5.91 Å². The number of carboxylic acids is 1. The van der Waals surface area contributed by atoms with Crippen molar-refractivity contribution in [1.29, 1.82) is 0 Å². The second-order valence-electron chi connectivity index (χ2n) is 9.42. The van der Waals surface area contributed by atoms with Crippen molar-refractivity contribution in [2.45, 2.75) is 72.3 Å². The summed E-state index contributed by atoms with van der Waals surface area (Å²) in [5, 5.41) is 11.8. The van der Waals surface area contributed by atoms with Crippen LogP contribution in [0.1, 0.15) is 78.6 Å². The summed E-state index contributed by atoms with van der Waals surface area (Å²) in [5.74, 6) is -1.50. The fourth-order valence-electron chi connectivity index (χ4n) is 4.64. The number of ether oxygens (including phenoxy) is 3. The lowest BCUT2D eigenvalue weighted by atomic mass is 9.89. The van der Waals surface area contributed by atoms with Crippen LogP contribution in [0.15, 0.2) is 35.9 Å². The fourth-order valence-corrected chi connectivity index (χ4v) is 4.64. The minimum Gasteiger partial charge on any atom is -0.495 e. The number of fused-ring (bicyclic) bond motifs is 1. The number of nitrogens with one attached hydrogen (secondary N) is 1. The summed E-state index contributed by atoms with van der Waals surface area (Å²) in [5.41, 5.74) is 5.02. The number of hydrogen-bond donors (Lipinski definition) is 2. The zero-order chi connectivity index (χ0) is 28.5. The van der Waals surface area contributed by atoms with E-state index >= 15 is 0 Å². The van der Waals surface area contributed by atoms with Crippen LogP contribution in [-0.2, 0) is 38.6 Å². The number of carboxylic acid groups (broad SMARTS) is 1. The zero-order valence-electron chi connectivity index (χ0n) is 22.8. The number of hydrogen-bond acceptors (Lipinski definition) is 7. The second-order valence-corrected chi connectivity index (χ2v) is 9.42. The third-order valence-corrected chi connectivity index (χ3v) is 6.75. The molecule has 3 rings (SSSR count). The van der Waals surface area contributed by atoms with Gasteiger partial charge in [-0.3, -0.25) is 14.4 Å². The van der Waals surface area contributed by atoms with E-state index in [4.69, 9.17) is 19.3 Å². The van der Waals surface area contributed by atoms with Gasteiger partial charge in [-0.05, 0) is 62.8 Å². The van der Waals surface area contributed by atoms with E-state index in [-0.39, 0.29) is 49.5 Å². The predicted molar refractivity (Wildman–Crippen MR) is 145 cm³/mol. The number of carbonyl (C=O) groups is 4. The lowest BCUT2D eigenvalue weighted by Crippen LogP contribution is -2.16. The van der Waals surface area contributed by atoms with Crippen molar-refractivity contribution in [1.82, 2.24) is 0 Å². The van der Waals surface area contributed by atoms with Gasteiger partial charge < -0.3 is 24.6 Å². The first-order valence-electron chi connectivity index (χ1n) is 13.0. The first-order chi connectivity index (χ1) is 18.7. The Hall–Kier alpha value is -4.14. The van der Waals surface area contributed by atoms with E-state index in [1.807, 2.05) is 26.8 Å². The zero-order valence-corrected chi connectivity index (χ0v) is 22.8. The van der Waals surface area contributed by atoms with Gasteiger partial charge in [-0.2, -0.15) is 0 Å². The molecule has 1 heterocycles. The predicted octanol–water partition coefficient (Wildman–Crippen LogP) is 5.30. The maximum absolute atomic E-state index is 12.9. The highest BCUT2D eigenvalue weighted by Crippen LogP contribution is 2.39. The normalized spacial score (nSPS) is 12.5. The second kappa shape index (κ2) is 13.6. The number of para-hydroxylation sites is 2. The van der Waals surface area contributed by atoms with Gasteiger partial charge in [-0.15, -0.1) is 0 Å². The highest BCUT2D eigenvalue weighted by molar-refractivity contribution is 5.99. The Morgan fingerprint density at radius 3 is 2.54 bits per heavy atom. The molecular weight excluding hydrogens is 502 g/mol. The molecule has 2 aromatic rings. The summed E-state index contributed by atoms with van der Waals surface area (Å²) in [6, 6.07) is 7.05. The maximum atomic E-state index is 12.9. The Balaban J connectivity index is 1.76. The summed E-state index contributed by atoms with van der Waals surface area (Å²) in [4.78, 5) is 48.9. The lowest BCUT2D eigenvalue weighted by molar-refractivity contribution is -0.137. The van der Waals surface area contributed by atoms with E-state index < -0.39 is 17.9 Å². The average molecular weight is 538 g/mol. The first kappa shape index (κ1) is 29.4. The van der Waals surface area contributed by atoms with E-state index in [0.29, 0.717) is 41.8 Å². The van der Waals surface area contributed by atoms with Crippen LogP contribution in [0.25, 0.3) is 0 Å². The number of methoxy groups -OCH3 is 1. The molecule has 0 bridgehead atoms. The summed E-state index contributed by atoms with van der Waals surface area (Å²) < 4.78 is 16.3. The van der Waals surface area contributed by atoms with Crippen LogP contribution in [0, 0.1) is 6.92 Å². The van der Waals surface area contributed by atoms with E-state index in [1.54, 1.807) is 24.3 Å². The van der Waals surface area contributed by atoms with E-state index in [1.165, 1.54) is 7.11 Å². The molecule has 39 heavy (non-hydrogen) atoms. The smallest absolute Gasteiger partial charge is 0.342 e. The van der Waals surface area contributed by atoms with Gasteiger partial charge in [0, 0.05) is 30.4 Å². The van der Waals surface area contributed by atoms with Crippen LogP contribution in [0.5, 0.6) is 11.5 Å². The molecule has 0 fully saturated rings. The molecule has 1 amide bonds. The number of cyclic esters (lactones) is 1. The van der Waals surface area contributed by atoms with Crippen LogP contribution < -0.4 is 14.8 Å². The summed E-state index contributed by atoms with van der Waals surface area (Å²) >= 11 is 0. The monoisotopic (exact) mass is 537 g/mol. The molecule has 9 heteroatoms. The summed E-state index contributed by atoms with van der Waals surface area (Å²) in [6.45, 7) is 5.89. The molecule has 0 atom stereocenters. The van der Waals surface area contributed by atoms with Gasteiger partial charge in [-0.1, -0.05) is 30.7 Å². The summed E-state index contributed by atoms with van der Waals surface area (Å²) in [7, 11) is 1.52. The van der Waals surface area contributed by atoms with Gasteiger partial charge in [0.1, 0.15) is 23.7 Å². The average Bonchev–Trinajstić information content (AvgIpc) is 3.30. The van der Waals surface area contributed by atoms with Crippen molar-refractivity contribution in [3.05, 3.63) is 63.7 Å². The van der Waals surface area contributed by atoms with Crippen LogP contribution in [0.2, 0.25) is 0 Å². The van der Waals surface area contributed by atoms with Gasteiger partial charge >= 0.3 is 17.9 Å². The Bertz CT molecular complexity index is 1290. The minimum absolute atomic E-state index is 0.0188. The fraction of sp³-hybridized carbons (Fsp3) is 0.400. The molecule has 0 spiro atoms. The molecule has 9 nitrogen and oxygen atoms in total. The van der Waals surface area contributed by atoms with Crippen molar-refractivity contribution in [3.63, 3.8) is 0 Å². The Morgan fingerprint density at radius 2 is 1.85 bits per heavy atom. The number of aliphatic carboxylic acids is 1. The SMILES string of the molecule is CCc1c(C)c2c(c(OC(=O)CCCC(=O)Nc3ccccc3OC)c1C/C=C(\C)CCC(=O)O)C(=O)OC2. The van der Waals surface area contributed by atoms with Gasteiger partial charge in [-0.25, -0.2) is 4.79 Å². The molecule has 208 valence electrons. The molecule has 0 saturated carbocycles. The number of rotatable bonds is 13. The first-order valence-corrected chi connectivity index (χ1v) is 13.0. The highest BCUT2D eigenvalue weighted by Gasteiger charge is 2.33. The number of carbonyl (C=O) groups excluding carboxylic acids is 3. The number of amides is 1. The van der Waals surface area contributed by atoms with Crippen molar-refractivity contribution in [3.8, 4) is 11.5 Å². The lowest BCUT2D eigenvalue weighted by Gasteiger charge is -2.19. The third-order valence-electron chi connectivity index (χ3n) is 6.75. The minimum atomic E-state index is -0.876. The number of allylic oxidation sites excluding steroid dienone is 2. The van der Waals surface area contributed by atoms with Crippen molar-refractivity contribution in [2.24, 2.45) is 0 Å². The van der Waals surface area contributed by atoms with Crippen LogP contribution >= 0.6 is 0 Å². The van der Waals surface area contributed by atoms with Gasteiger partial charge in [0.05, 0.1) is 12.8 Å². The Morgan fingerprint density at radius 1 is 1.10 bits per heavy atom. The van der Waals surface area contributed by atoms with Gasteiger partial charge in [0.15, 0.2) is 0 Å². The van der Waals surface area contributed by atoms with Crippen molar-refractivity contribution >= 4 is 29.5 Å². The number of anilines is 1. The molecule has 0 radical (unpaired) electrons. The number of benzene rings is 2. The standard InChI is InChI=1S/C30H35NO8/c1-5-20-19(3)22-17-38-30(36)28(22)29(21(20)15-13-18(2)14-16-26(33)34)39-27(35)12-8-11-25(32)31-23-9-6-7-10-24(23)37-4/h6-7,9-10,13H,5,8,11-12,14-17H2,1-4H3,(H,31,32)(H,33,34)/b18-13+. The van der Waals surface area contributed by atoms with E-state index in [0.717, 1.165) is 16.7 Å². The maximum Gasteiger partial charge on any atom is 0.342 e. The molecular formula is C30H35NO8. The van der Waals surface area contributed by atoms with E-state index in [9.17, 15) is 19.2 Å². The molecule has 0 aliphatic carbocycles. The third kappa shape index (κ3) is 7.46. The van der Waals surface area contributed by atoms with Crippen LogP contribution in [-0.4, -0.2) is 36.0 Å². The molecule has 2 N–H and O–H groups in total. The Labute approximate surface area is 228 Å². The highest BCUT2D eigenvalue weighted by atomic mass is 16.6. The van der Waals surface area contributed by atoms with E-state index in [2.05, 4.69) is 5.32 Å². The Kier molecular flexibility index (Phi) is 10.3. The largest absolute Gasteiger partial charge is 0.495 e. The van der Waals surface area contributed by atoms with Crippen LogP contribution in [0.4, 0.5) is 5.69 Å². The van der Waals surface area contributed by atoms with Crippen LogP contribution in [0.3, 0.4) is 0 Å². The molecule has 2 aromatic carbocycles. The quantitative estimate of drug-likeness (QED) is 0.200.